The molecule has 0 amide bonds. The SMILES string of the molecule is COc1cc2c(cc1N1CCC3(CCC3=O)CC1)CC(C(C)C)n1cc(C(=O)O)c(=O)cc1-2. The van der Waals surface area contributed by atoms with Crippen LogP contribution in [-0.4, -0.2) is 41.6 Å². The van der Waals surface area contributed by atoms with E-state index >= 15 is 0 Å². The molecule has 0 radical (unpaired) electrons. The summed E-state index contributed by atoms with van der Waals surface area (Å²) in [5, 5.41) is 9.47. The highest BCUT2D eigenvalue weighted by Gasteiger charge is 2.47. The molecule has 3 aliphatic rings. The summed E-state index contributed by atoms with van der Waals surface area (Å²) in [6.45, 7) is 5.88. The number of benzene rings is 1. The van der Waals surface area contributed by atoms with Gasteiger partial charge in [-0.15, -0.1) is 0 Å². The number of hydrogen-bond acceptors (Lipinski definition) is 5. The third-order valence-corrected chi connectivity index (χ3v) is 8.03. The first-order valence-corrected chi connectivity index (χ1v) is 11.7. The minimum Gasteiger partial charge on any atom is -0.495 e. The number of rotatable bonds is 4. The van der Waals surface area contributed by atoms with E-state index in [9.17, 15) is 19.5 Å². The average Bonchev–Trinajstić information content (AvgIpc) is 2.81. The Hall–Kier alpha value is -3.09. The van der Waals surface area contributed by atoms with E-state index in [0.29, 0.717) is 5.78 Å². The molecule has 7 nitrogen and oxygen atoms in total. The van der Waals surface area contributed by atoms with E-state index in [1.165, 1.54) is 12.3 Å². The molecule has 2 aliphatic heterocycles. The second-order valence-electron chi connectivity index (χ2n) is 10.0. The molecule has 1 saturated carbocycles. The highest BCUT2D eigenvalue weighted by Crippen LogP contribution is 2.48. The Morgan fingerprint density at radius 3 is 2.42 bits per heavy atom. The number of carbonyl (C=O) groups is 2. The normalized spacial score (nSPS) is 20.9. The van der Waals surface area contributed by atoms with Crippen LogP contribution in [0.25, 0.3) is 11.3 Å². The van der Waals surface area contributed by atoms with Crippen LogP contribution in [0.1, 0.15) is 61.5 Å². The lowest BCUT2D eigenvalue weighted by molar-refractivity contribution is -0.139. The van der Waals surface area contributed by atoms with Crippen LogP contribution in [0, 0.1) is 11.3 Å². The first-order chi connectivity index (χ1) is 15.7. The number of carbonyl (C=O) groups excluding carboxylic acids is 1. The van der Waals surface area contributed by atoms with E-state index in [2.05, 4.69) is 24.8 Å². The van der Waals surface area contributed by atoms with Crippen molar-refractivity contribution in [2.75, 3.05) is 25.1 Å². The predicted octanol–water partition coefficient (Wildman–Crippen LogP) is 3.92. The molecule has 3 heterocycles. The summed E-state index contributed by atoms with van der Waals surface area (Å²) in [5.41, 5.74) is 3.01. The number of nitrogens with zero attached hydrogens (tertiary/aromatic N) is 2. The van der Waals surface area contributed by atoms with Crippen molar-refractivity contribution in [1.29, 1.82) is 0 Å². The quantitative estimate of drug-likeness (QED) is 0.759. The molecule has 2 aromatic rings. The van der Waals surface area contributed by atoms with Crippen molar-refractivity contribution in [3.05, 3.63) is 45.7 Å². The first kappa shape index (κ1) is 21.7. The van der Waals surface area contributed by atoms with Crippen molar-refractivity contribution < 1.29 is 19.4 Å². The van der Waals surface area contributed by atoms with Crippen LogP contribution in [0.3, 0.4) is 0 Å². The van der Waals surface area contributed by atoms with E-state index in [4.69, 9.17) is 4.74 Å². The van der Waals surface area contributed by atoms with Crippen LogP contribution < -0.4 is 15.1 Å². The summed E-state index contributed by atoms with van der Waals surface area (Å²) in [5.74, 6) is 0.200. The van der Waals surface area contributed by atoms with Crippen molar-refractivity contribution in [3.63, 3.8) is 0 Å². The lowest BCUT2D eigenvalue weighted by Gasteiger charge is -2.47. The van der Waals surface area contributed by atoms with E-state index in [1.807, 2.05) is 10.6 Å². The minimum atomic E-state index is -1.20. The van der Waals surface area contributed by atoms with E-state index < -0.39 is 11.4 Å². The Morgan fingerprint density at radius 1 is 1.15 bits per heavy atom. The van der Waals surface area contributed by atoms with Gasteiger partial charge in [-0.25, -0.2) is 4.79 Å². The molecule has 174 valence electrons. The lowest BCUT2D eigenvalue weighted by atomic mass is 9.62. The largest absolute Gasteiger partial charge is 0.495 e. The van der Waals surface area contributed by atoms with Crippen LogP contribution in [0.5, 0.6) is 5.75 Å². The van der Waals surface area contributed by atoms with Gasteiger partial charge >= 0.3 is 5.97 Å². The van der Waals surface area contributed by atoms with Gasteiger partial charge < -0.3 is 19.3 Å². The van der Waals surface area contributed by atoms with Gasteiger partial charge in [-0.3, -0.25) is 9.59 Å². The van der Waals surface area contributed by atoms with Crippen molar-refractivity contribution in [2.24, 2.45) is 11.3 Å². The summed E-state index contributed by atoms with van der Waals surface area (Å²) in [6.07, 6.45) is 5.75. The number of ether oxygens (including phenoxy) is 1. The third kappa shape index (κ3) is 3.36. The van der Waals surface area contributed by atoms with Crippen molar-refractivity contribution in [3.8, 4) is 17.0 Å². The zero-order valence-electron chi connectivity index (χ0n) is 19.4. The van der Waals surface area contributed by atoms with Gasteiger partial charge in [-0.1, -0.05) is 13.8 Å². The first-order valence-electron chi connectivity index (χ1n) is 11.7. The lowest BCUT2D eigenvalue weighted by Crippen LogP contribution is -2.49. The fourth-order valence-corrected chi connectivity index (χ4v) is 5.80. The number of piperidine rings is 1. The number of anilines is 1. The molecule has 1 spiro atoms. The molecule has 1 aliphatic carbocycles. The number of aromatic nitrogens is 1. The summed E-state index contributed by atoms with van der Waals surface area (Å²) < 4.78 is 7.72. The Bertz CT molecular complexity index is 1200. The smallest absolute Gasteiger partial charge is 0.341 e. The van der Waals surface area contributed by atoms with Crippen molar-refractivity contribution >= 4 is 17.4 Å². The molecule has 1 aromatic carbocycles. The van der Waals surface area contributed by atoms with Crippen LogP contribution in [0.15, 0.2) is 29.2 Å². The predicted molar refractivity (Wildman–Crippen MR) is 125 cm³/mol. The van der Waals surface area contributed by atoms with E-state index in [-0.39, 0.29) is 22.9 Å². The van der Waals surface area contributed by atoms with E-state index in [1.54, 1.807) is 7.11 Å². The zero-order chi connectivity index (χ0) is 23.5. The highest BCUT2D eigenvalue weighted by molar-refractivity contribution is 5.91. The molecule has 1 saturated heterocycles. The van der Waals surface area contributed by atoms with Gasteiger partial charge in [0.15, 0.2) is 5.43 Å². The fraction of sp³-hybridized carbons (Fsp3) is 0.500. The van der Waals surface area contributed by atoms with Crippen molar-refractivity contribution in [2.45, 2.75) is 52.0 Å². The molecule has 5 rings (SSSR count). The second kappa shape index (κ2) is 7.75. The molecule has 1 N–H and O–H groups in total. The minimum absolute atomic E-state index is 0.0460. The Morgan fingerprint density at radius 2 is 1.88 bits per heavy atom. The van der Waals surface area contributed by atoms with Gasteiger partial charge in [0, 0.05) is 48.8 Å². The molecule has 1 unspecified atom stereocenters. The summed E-state index contributed by atoms with van der Waals surface area (Å²) in [4.78, 5) is 38.6. The van der Waals surface area contributed by atoms with E-state index in [0.717, 1.165) is 73.5 Å². The topological polar surface area (TPSA) is 88.8 Å². The molecule has 33 heavy (non-hydrogen) atoms. The van der Waals surface area contributed by atoms with Gasteiger partial charge in [0.2, 0.25) is 0 Å². The summed E-state index contributed by atoms with van der Waals surface area (Å²) >= 11 is 0. The zero-order valence-corrected chi connectivity index (χ0v) is 19.4. The second-order valence-corrected chi connectivity index (χ2v) is 10.0. The third-order valence-electron chi connectivity index (χ3n) is 8.03. The Labute approximate surface area is 193 Å². The Balaban J connectivity index is 1.57. The van der Waals surface area contributed by atoms with Crippen LogP contribution >= 0.6 is 0 Å². The fourth-order valence-electron chi connectivity index (χ4n) is 5.80. The number of pyridine rings is 1. The molecule has 0 bridgehead atoms. The molecular formula is C26H30N2O5. The number of ketones is 1. The standard InChI is InChI=1S/C26H30N2O5/c1-15(2)19-10-16-11-21(27-8-6-26(7-9-27)5-4-24(26)30)23(33-3)12-17(16)20-13-22(29)18(25(31)32)14-28(19)20/h11-15,19H,4-10H2,1-3H3,(H,31,32). The van der Waals surface area contributed by atoms with Gasteiger partial charge in [-0.2, -0.15) is 0 Å². The summed E-state index contributed by atoms with van der Waals surface area (Å²) in [6, 6.07) is 5.64. The number of hydrogen-bond donors (Lipinski definition) is 1. The molecule has 1 aromatic heterocycles. The molecule has 1 atom stereocenters. The van der Waals surface area contributed by atoms with Gasteiger partial charge in [0.1, 0.15) is 17.1 Å². The number of carboxylic acids is 1. The Kier molecular flexibility index (Phi) is 5.10. The monoisotopic (exact) mass is 450 g/mol. The van der Waals surface area contributed by atoms with Gasteiger partial charge in [-0.05, 0) is 49.3 Å². The van der Waals surface area contributed by atoms with Crippen LogP contribution in [-0.2, 0) is 11.2 Å². The maximum absolute atomic E-state index is 12.5. The molecule has 2 fully saturated rings. The number of aromatic carboxylic acids is 1. The van der Waals surface area contributed by atoms with Gasteiger partial charge in [0.05, 0.1) is 18.5 Å². The summed E-state index contributed by atoms with van der Waals surface area (Å²) in [7, 11) is 1.65. The molecule has 7 heteroatoms. The molecular weight excluding hydrogens is 420 g/mol. The number of methoxy groups -OCH3 is 1. The number of Topliss-reactive ketones (excluding diaryl/α,β-unsaturated/α-hetero) is 1. The number of carboxylic acid groups (broad SMARTS) is 1. The van der Waals surface area contributed by atoms with Crippen LogP contribution in [0.4, 0.5) is 5.69 Å². The highest BCUT2D eigenvalue weighted by atomic mass is 16.5. The number of fused-ring (bicyclic) bond motifs is 3. The maximum atomic E-state index is 12.5. The van der Waals surface area contributed by atoms with Gasteiger partial charge in [0.25, 0.3) is 0 Å². The van der Waals surface area contributed by atoms with Crippen molar-refractivity contribution in [1.82, 2.24) is 4.57 Å². The average molecular weight is 451 g/mol. The van der Waals surface area contributed by atoms with Crippen LogP contribution in [0.2, 0.25) is 0 Å². The maximum Gasteiger partial charge on any atom is 0.341 e.